The van der Waals surface area contributed by atoms with Crippen LogP contribution in [0.5, 0.6) is 0 Å². The number of hydrogen-bond donors (Lipinski definition) is 0. The second-order valence-electron chi connectivity index (χ2n) is 7.08. The van der Waals surface area contributed by atoms with E-state index in [4.69, 9.17) is 11.6 Å². The van der Waals surface area contributed by atoms with Gasteiger partial charge in [0, 0.05) is 16.4 Å². The molecule has 0 spiro atoms. The molecule has 154 valence electrons. The molecule has 0 amide bonds. The lowest BCUT2D eigenvalue weighted by Gasteiger charge is -2.23. The maximum atomic E-state index is 13.5. The van der Waals surface area contributed by atoms with Crippen molar-refractivity contribution in [3.63, 3.8) is 0 Å². The van der Waals surface area contributed by atoms with Crippen LogP contribution >= 0.6 is 11.6 Å². The van der Waals surface area contributed by atoms with Gasteiger partial charge in [-0.1, -0.05) is 29.3 Å². The third kappa shape index (κ3) is 3.88. The quantitative estimate of drug-likeness (QED) is 0.465. The van der Waals surface area contributed by atoms with Crippen LogP contribution in [0.4, 0.5) is 5.69 Å². The van der Waals surface area contributed by atoms with Crippen LogP contribution in [-0.4, -0.2) is 28.0 Å². The normalized spacial score (nSPS) is 11.7. The van der Waals surface area contributed by atoms with E-state index in [0.29, 0.717) is 22.3 Å². The molecule has 30 heavy (non-hydrogen) atoms. The molecule has 0 atom stereocenters. The maximum absolute atomic E-state index is 13.5. The van der Waals surface area contributed by atoms with E-state index in [9.17, 15) is 8.42 Å². The van der Waals surface area contributed by atoms with E-state index in [-0.39, 0.29) is 11.4 Å². The van der Waals surface area contributed by atoms with E-state index in [1.807, 2.05) is 26.8 Å². The molecule has 0 unspecified atom stereocenters. The molecule has 0 N–H and O–H groups in total. The summed E-state index contributed by atoms with van der Waals surface area (Å²) in [6.07, 6.45) is 0. The SMILES string of the molecule is Cc1ccc(S(=O)(=O)N(Cc2nc3nc(C)cc(C)n3n2)c2ccc(Cl)cc2)cc1. The fraction of sp³-hybridized carbons (Fsp3) is 0.190. The van der Waals surface area contributed by atoms with Gasteiger partial charge >= 0.3 is 0 Å². The molecular formula is C21H20ClN5O2S. The summed E-state index contributed by atoms with van der Waals surface area (Å²) in [5.41, 5.74) is 3.14. The number of hydrogen-bond acceptors (Lipinski definition) is 5. The van der Waals surface area contributed by atoms with Gasteiger partial charge in [-0.15, -0.1) is 5.10 Å². The molecule has 0 bridgehead atoms. The van der Waals surface area contributed by atoms with Gasteiger partial charge in [0.2, 0.25) is 0 Å². The molecule has 2 aromatic heterocycles. The number of halogens is 1. The highest BCUT2D eigenvalue weighted by molar-refractivity contribution is 7.92. The van der Waals surface area contributed by atoms with Crippen LogP contribution in [0.3, 0.4) is 0 Å². The van der Waals surface area contributed by atoms with Crippen molar-refractivity contribution in [1.29, 1.82) is 0 Å². The Balaban J connectivity index is 1.81. The third-order valence-corrected chi connectivity index (χ3v) is 6.71. The van der Waals surface area contributed by atoms with E-state index in [1.54, 1.807) is 53.0 Å². The Kier molecular flexibility index (Phi) is 5.21. The first-order chi connectivity index (χ1) is 14.2. The van der Waals surface area contributed by atoms with Crippen molar-refractivity contribution in [2.45, 2.75) is 32.2 Å². The average Bonchev–Trinajstić information content (AvgIpc) is 3.10. The maximum Gasteiger partial charge on any atom is 0.264 e. The van der Waals surface area contributed by atoms with Crippen LogP contribution < -0.4 is 4.31 Å². The summed E-state index contributed by atoms with van der Waals surface area (Å²) in [5, 5.41) is 4.99. The van der Waals surface area contributed by atoms with Crippen molar-refractivity contribution in [1.82, 2.24) is 19.6 Å². The number of benzene rings is 2. The molecule has 0 aliphatic carbocycles. The number of anilines is 1. The lowest BCUT2D eigenvalue weighted by Crippen LogP contribution is -2.31. The van der Waals surface area contributed by atoms with E-state index in [0.717, 1.165) is 17.0 Å². The van der Waals surface area contributed by atoms with Gasteiger partial charge < -0.3 is 0 Å². The number of aromatic nitrogens is 4. The topological polar surface area (TPSA) is 80.5 Å². The molecule has 0 saturated carbocycles. The average molecular weight is 442 g/mol. The zero-order chi connectivity index (χ0) is 21.5. The van der Waals surface area contributed by atoms with Crippen LogP contribution in [0, 0.1) is 20.8 Å². The monoisotopic (exact) mass is 441 g/mol. The molecule has 9 heteroatoms. The van der Waals surface area contributed by atoms with Gasteiger partial charge in [-0.2, -0.15) is 4.98 Å². The summed E-state index contributed by atoms with van der Waals surface area (Å²) in [6, 6.07) is 15.3. The molecule has 0 fully saturated rings. The Morgan fingerprint density at radius 2 is 1.63 bits per heavy atom. The van der Waals surface area contributed by atoms with Crippen molar-refractivity contribution in [2.24, 2.45) is 0 Å². The Morgan fingerprint density at radius 1 is 0.967 bits per heavy atom. The van der Waals surface area contributed by atoms with Gasteiger partial charge in [0.25, 0.3) is 15.8 Å². The summed E-state index contributed by atoms with van der Waals surface area (Å²) in [6.45, 7) is 5.65. The van der Waals surface area contributed by atoms with Crippen molar-refractivity contribution in [3.05, 3.63) is 82.4 Å². The summed E-state index contributed by atoms with van der Waals surface area (Å²) in [7, 11) is -3.86. The van der Waals surface area contributed by atoms with Crippen molar-refractivity contribution in [3.8, 4) is 0 Å². The largest absolute Gasteiger partial charge is 0.264 e. The number of sulfonamides is 1. The minimum atomic E-state index is -3.86. The van der Waals surface area contributed by atoms with Crippen LogP contribution in [-0.2, 0) is 16.6 Å². The Bertz CT molecular complexity index is 1320. The van der Waals surface area contributed by atoms with Gasteiger partial charge in [-0.05, 0) is 63.2 Å². The van der Waals surface area contributed by atoms with Gasteiger partial charge in [0.05, 0.1) is 17.1 Å². The van der Waals surface area contributed by atoms with Gasteiger partial charge in [-0.25, -0.2) is 17.9 Å². The lowest BCUT2D eigenvalue weighted by molar-refractivity contribution is 0.589. The van der Waals surface area contributed by atoms with Crippen LogP contribution in [0.15, 0.2) is 59.5 Å². The first-order valence-corrected chi connectivity index (χ1v) is 11.1. The predicted molar refractivity (Wildman–Crippen MR) is 116 cm³/mol. The predicted octanol–water partition coefficient (Wildman–Crippen LogP) is 4.10. The minimum absolute atomic E-state index is 0.0420. The lowest BCUT2D eigenvalue weighted by atomic mass is 10.2. The minimum Gasteiger partial charge on any atom is -0.259 e. The first kappa shape index (κ1) is 20.3. The molecular weight excluding hydrogens is 422 g/mol. The zero-order valence-electron chi connectivity index (χ0n) is 16.7. The fourth-order valence-electron chi connectivity index (χ4n) is 3.16. The van der Waals surface area contributed by atoms with E-state index < -0.39 is 10.0 Å². The molecule has 0 radical (unpaired) electrons. The standard InChI is InChI=1S/C21H20ClN5O2S/c1-14-4-10-19(11-5-14)30(28,29)26(18-8-6-17(22)7-9-18)13-20-24-21-23-15(2)12-16(3)27(21)25-20/h4-12H,13H2,1-3H3. The molecule has 0 saturated heterocycles. The van der Waals surface area contributed by atoms with Crippen molar-refractivity contribution in [2.75, 3.05) is 4.31 Å². The van der Waals surface area contributed by atoms with Gasteiger partial charge in [0.1, 0.15) is 0 Å². The van der Waals surface area contributed by atoms with E-state index in [1.165, 1.54) is 4.31 Å². The molecule has 4 rings (SSSR count). The van der Waals surface area contributed by atoms with Gasteiger partial charge in [0.15, 0.2) is 5.82 Å². The van der Waals surface area contributed by atoms with Crippen LogP contribution in [0.25, 0.3) is 5.78 Å². The van der Waals surface area contributed by atoms with Crippen molar-refractivity contribution >= 4 is 33.1 Å². The number of fused-ring (bicyclic) bond motifs is 1. The van der Waals surface area contributed by atoms with Crippen LogP contribution in [0.1, 0.15) is 22.8 Å². The molecule has 2 aromatic carbocycles. The third-order valence-electron chi connectivity index (χ3n) is 4.67. The fourth-order valence-corrected chi connectivity index (χ4v) is 4.71. The van der Waals surface area contributed by atoms with Crippen LogP contribution in [0.2, 0.25) is 5.02 Å². The summed E-state index contributed by atoms with van der Waals surface area (Å²) in [5.74, 6) is 0.785. The second kappa shape index (κ2) is 7.70. The zero-order valence-corrected chi connectivity index (χ0v) is 18.3. The number of aryl methyl sites for hydroxylation is 3. The smallest absolute Gasteiger partial charge is 0.259 e. The summed E-state index contributed by atoms with van der Waals surface area (Å²) < 4.78 is 29.9. The molecule has 2 heterocycles. The number of rotatable bonds is 5. The first-order valence-electron chi connectivity index (χ1n) is 9.29. The molecule has 4 aromatic rings. The van der Waals surface area contributed by atoms with E-state index in [2.05, 4.69) is 15.1 Å². The Labute approximate surface area is 180 Å². The summed E-state index contributed by atoms with van der Waals surface area (Å²) in [4.78, 5) is 9.02. The van der Waals surface area contributed by atoms with Gasteiger partial charge in [-0.3, -0.25) is 4.31 Å². The molecule has 7 nitrogen and oxygen atoms in total. The number of nitrogens with zero attached hydrogens (tertiary/aromatic N) is 5. The second-order valence-corrected chi connectivity index (χ2v) is 9.38. The molecule has 0 aliphatic rings. The van der Waals surface area contributed by atoms with E-state index >= 15 is 0 Å². The Morgan fingerprint density at radius 3 is 2.30 bits per heavy atom. The highest BCUT2D eigenvalue weighted by atomic mass is 35.5. The highest BCUT2D eigenvalue weighted by Crippen LogP contribution is 2.27. The van der Waals surface area contributed by atoms with Crippen molar-refractivity contribution < 1.29 is 8.42 Å². The molecule has 0 aliphatic heterocycles. The highest BCUT2D eigenvalue weighted by Gasteiger charge is 2.27. The summed E-state index contributed by atoms with van der Waals surface area (Å²) >= 11 is 6.01. The Hall–Kier alpha value is -2.97.